The molecule has 0 spiro atoms. The summed E-state index contributed by atoms with van der Waals surface area (Å²) in [6.07, 6.45) is 0. The summed E-state index contributed by atoms with van der Waals surface area (Å²) < 4.78 is 18.7. The lowest BCUT2D eigenvalue weighted by Crippen LogP contribution is -2.38. The molecular weight excluding hydrogens is 371 g/mol. The van der Waals surface area contributed by atoms with Crippen LogP contribution in [0.5, 0.6) is 5.75 Å². The van der Waals surface area contributed by atoms with Gasteiger partial charge in [0.25, 0.3) is 11.8 Å². The van der Waals surface area contributed by atoms with Crippen molar-refractivity contribution in [2.45, 2.75) is 13.5 Å². The first-order valence-electron chi connectivity index (χ1n) is 9.19. The fourth-order valence-corrected chi connectivity index (χ4v) is 3.22. The van der Waals surface area contributed by atoms with Crippen LogP contribution in [-0.2, 0) is 11.3 Å². The summed E-state index contributed by atoms with van der Waals surface area (Å²) in [5, 5.41) is 2.86. The fraction of sp³-hybridized carbons (Fsp3) is 0.130. The summed E-state index contributed by atoms with van der Waals surface area (Å²) in [5.74, 6) is -0.213. The van der Waals surface area contributed by atoms with Crippen molar-refractivity contribution in [3.8, 4) is 5.75 Å². The van der Waals surface area contributed by atoms with Gasteiger partial charge in [-0.3, -0.25) is 9.59 Å². The molecule has 0 fully saturated rings. The van der Waals surface area contributed by atoms with Gasteiger partial charge in [-0.2, -0.15) is 0 Å². The van der Waals surface area contributed by atoms with E-state index in [1.165, 1.54) is 12.1 Å². The van der Waals surface area contributed by atoms with Crippen LogP contribution in [0.3, 0.4) is 0 Å². The minimum absolute atomic E-state index is 0.0663. The van der Waals surface area contributed by atoms with Crippen LogP contribution in [0.2, 0.25) is 0 Å². The molecule has 3 aromatic rings. The van der Waals surface area contributed by atoms with Crippen molar-refractivity contribution in [2.24, 2.45) is 0 Å². The predicted octanol–water partition coefficient (Wildman–Crippen LogP) is 4.31. The Labute approximate surface area is 167 Å². The van der Waals surface area contributed by atoms with E-state index in [9.17, 15) is 14.0 Å². The third-order valence-electron chi connectivity index (χ3n) is 4.69. The van der Waals surface area contributed by atoms with Gasteiger partial charge in [0.05, 0.1) is 12.2 Å². The zero-order chi connectivity index (χ0) is 20.4. The van der Waals surface area contributed by atoms with Gasteiger partial charge in [-0.1, -0.05) is 29.8 Å². The van der Waals surface area contributed by atoms with Crippen molar-refractivity contribution in [1.82, 2.24) is 0 Å². The fourth-order valence-electron chi connectivity index (χ4n) is 3.22. The number of fused-ring (bicyclic) bond motifs is 1. The highest BCUT2D eigenvalue weighted by Gasteiger charge is 2.26. The highest BCUT2D eigenvalue weighted by Crippen LogP contribution is 2.35. The van der Waals surface area contributed by atoms with Crippen molar-refractivity contribution in [3.63, 3.8) is 0 Å². The van der Waals surface area contributed by atoms with Gasteiger partial charge in [0.15, 0.2) is 6.61 Å². The Morgan fingerprint density at radius 3 is 2.66 bits per heavy atom. The van der Waals surface area contributed by atoms with Crippen LogP contribution >= 0.6 is 0 Å². The first kappa shape index (κ1) is 18.7. The highest BCUT2D eigenvalue weighted by atomic mass is 19.1. The second kappa shape index (κ2) is 7.75. The van der Waals surface area contributed by atoms with E-state index < -0.39 is 0 Å². The van der Waals surface area contributed by atoms with Crippen molar-refractivity contribution < 1.29 is 18.7 Å². The van der Waals surface area contributed by atoms with Gasteiger partial charge < -0.3 is 15.0 Å². The largest absolute Gasteiger partial charge is 0.482 e. The number of anilines is 2. The lowest BCUT2D eigenvalue weighted by atomic mass is 10.1. The lowest BCUT2D eigenvalue weighted by molar-refractivity contribution is -0.121. The van der Waals surface area contributed by atoms with Gasteiger partial charge in [0.2, 0.25) is 0 Å². The molecule has 0 aromatic heterocycles. The van der Waals surface area contributed by atoms with Crippen molar-refractivity contribution in [3.05, 3.63) is 89.2 Å². The van der Waals surface area contributed by atoms with E-state index in [1.807, 2.05) is 19.1 Å². The van der Waals surface area contributed by atoms with Crippen molar-refractivity contribution >= 4 is 23.2 Å². The van der Waals surface area contributed by atoms with E-state index in [0.717, 1.165) is 11.1 Å². The molecule has 2 amide bonds. The number of nitrogens with zero attached hydrogens (tertiary/aromatic N) is 1. The number of ether oxygens (including phenoxy) is 1. The van der Waals surface area contributed by atoms with Gasteiger partial charge in [0, 0.05) is 11.3 Å². The number of aryl methyl sites for hydroxylation is 1. The molecule has 1 aliphatic rings. The van der Waals surface area contributed by atoms with Crippen LogP contribution in [0.15, 0.2) is 66.7 Å². The normalized spacial score (nSPS) is 12.9. The number of hydrogen-bond donors (Lipinski definition) is 1. The molecule has 29 heavy (non-hydrogen) atoms. The zero-order valence-corrected chi connectivity index (χ0v) is 15.8. The second-order valence-corrected chi connectivity index (χ2v) is 6.90. The van der Waals surface area contributed by atoms with E-state index in [0.29, 0.717) is 22.7 Å². The molecule has 0 unspecified atom stereocenters. The van der Waals surface area contributed by atoms with Gasteiger partial charge in [-0.05, 0) is 55.0 Å². The Hall–Kier alpha value is -3.67. The molecule has 146 valence electrons. The Kier molecular flexibility index (Phi) is 4.99. The monoisotopic (exact) mass is 390 g/mol. The first-order chi connectivity index (χ1) is 14.0. The molecule has 1 aliphatic heterocycles. The lowest BCUT2D eigenvalue weighted by Gasteiger charge is -2.30. The Balaban J connectivity index is 1.60. The number of benzene rings is 3. The maximum atomic E-state index is 13.2. The van der Waals surface area contributed by atoms with Crippen LogP contribution in [0.25, 0.3) is 0 Å². The van der Waals surface area contributed by atoms with Crippen LogP contribution in [-0.4, -0.2) is 18.4 Å². The Bertz CT molecular complexity index is 1080. The van der Waals surface area contributed by atoms with Gasteiger partial charge >= 0.3 is 0 Å². The van der Waals surface area contributed by atoms with E-state index in [-0.39, 0.29) is 30.8 Å². The molecule has 3 aromatic carbocycles. The summed E-state index contributed by atoms with van der Waals surface area (Å²) in [5.41, 5.74) is 3.46. The molecule has 0 aliphatic carbocycles. The molecule has 6 heteroatoms. The van der Waals surface area contributed by atoms with E-state index in [4.69, 9.17) is 4.74 Å². The number of nitrogens with one attached hydrogen (secondary N) is 1. The van der Waals surface area contributed by atoms with Crippen LogP contribution < -0.4 is 15.0 Å². The molecule has 1 N–H and O–H groups in total. The topological polar surface area (TPSA) is 58.6 Å². The predicted molar refractivity (Wildman–Crippen MR) is 109 cm³/mol. The third kappa shape index (κ3) is 4.11. The van der Waals surface area contributed by atoms with Gasteiger partial charge in [-0.15, -0.1) is 0 Å². The summed E-state index contributed by atoms with van der Waals surface area (Å²) >= 11 is 0. The number of carbonyl (C=O) groups excluding carboxylic acids is 2. The zero-order valence-electron chi connectivity index (χ0n) is 15.8. The molecule has 0 atom stereocenters. The number of halogens is 1. The smallest absolute Gasteiger partial charge is 0.265 e. The molecular formula is C23H19FN2O3. The third-order valence-corrected chi connectivity index (χ3v) is 4.69. The van der Waals surface area contributed by atoms with Crippen molar-refractivity contribution in [2.75, 3.05) is 16.8 Å². The first-order valence-corrected chi connectivity index (χ1v) is 9.19. The highest BCUT2D eigenvalue weighted by molar-refractivity contribution is 6.05. The van der Waals surface area contributed by atoms with Gasteiger partial charge in [0.1, 0.15) is 11.6 Å². The maximum absolute atomic E-state index is 13.2. The summed E-state index contributed by atoms with van der Waals surface area (Å²) in [6, 6.07) is 18.5. The average Bonchev–Trinajstić information content (AvgIpc) is 2.71. The molecule has 1 heterocycles. The van der Waals surface area contributed by atoms with Crippen LogP contribution in [0, 0.1) is 12.7 Å². The quantitative estimate of drug-likeness (QED) is 0.722. The van der Waals surface area contributed by atoms with E-state index in [1.54, 1.807) is 47.4 Å². The summed E-state index contributed by atoms with van der Waals surface area (Å²) in [4.78, 5) is 26.6. The Morgan fingerprint density at radius 2 is 1.90 bits per heavy atom. The van der Waals surface area contributed by atoms with E-state index >= 15 is 0 Å². The molecule has 5 nitrogen and oxygen atoms in total. The second-order valence-electron chi connectivity index (χ2n) is 6.90. The molecule has 0 bridgehead atoms. The summed E-state index contributed by atoms with van der Waals surface area (Å²) in [6.45, 7) is 2.14. The minimum Gasteiger partial charge on any atom is -0.482 e. The SMILES string of the molecule is Cc1cccc(C(=O)Nc2ccc3c(c2)N(Cc2ccc(F)cc2)C(=O)CO3)c1. The number of hydrogen-bond acceptors (Lipinski definition) is 3. The number of rotatable bonds is 4. The Morgan fingerprint density at radius 1 is 1.10 bits per heavy atom. The number of amides is 2. The standard InChI is InChI=1S/C23H19FN2O3/c1-15-3-2-4-17(11-15)23(28)25-19-9-10-21-20(12-19)26(22(27)14-29-21)13-16-5-7-18(24)8-6-16/h2-12H,13-14H2,1H3,(H,25,28). The van der Waals surface area contributed by atoms with Gasteiger partial charge in [-0.25, -0.2) is 4.39 Å². The van der Waals surface area contributed by atoms with Crippen molar-refractivity contribution in [1.29, 1.82) is 0 Å². The summed E-state index contributed by atoms with van der Waals surface area (Å²) in [7, 11) is 0. The molecule has 0 saturated heterocycles. The molecule has 0 saturated carbocycles. The van der Waals surface area contributed by atoms with Crippen LogP contribution in [0.1, 0.15) is 21.5 Å². The average molecular weight is 390 g/mol. The minimum atomic E-state index is -0.330. The van der Waals surface area contributed by atoms with E-state index in [2.05, 4.69) is 5.32 Å². The van der Waals surface area contributed by atoms with Crippen LogP contribution in [0.4, 0.5) is 15.8 Å². The molecule has 4 rings (SSSR count). The number of carbonyl (C=O) groups is 2. The molecule has 0 radical (unpaired) electrons. The maximum Gasteiger partial charge on any atom is 0.265 e.